The highest BCUT2D eigenvalue weighted by atomic mass is 32.2. The molecule has 0 N–H and O–H groups in total. The van der Waals surface area contributed by atoms with Crippen molar-refractivity contribution in [1.29, 1.82) is 5.26 Å². The largest absolute Gasteiger partial charge is 0.456 e. The van der Waals surface area contributed by atoms with Crippen LogP contribution in [0.1, 0.15) is 22.3 Å². The number of aromatic nitrogens is 1. The number of esters is 1. The van der Waals surface area contributed by atoms with Crippen LogP contribution in [0.25, 0.3) is 10.9 Å². The van der Waals surface area contributed by atoms with Gasteiger partial charge in [0.15, 0.2) is 6.61 Å². The van der Waals surface area contributed by atoms with Crippen LogP contribution >= 0.6 is 11.8 Å². The molecule has 0 bridgehead atoms. The molecule has 0 saturated carbocycles. The van der Waals surface area contributed by atoms with E-state index in [1.165, 1.54) is 11.8 Å². The molecule has 0 spiro atoms. The fraction of sp³-hybridized carbons (Fsp3) is 0.227. The molecule has 0 fully saturated rings. The molecule has 1 unspecified atom stereocenters. The molecule has 140 valence electrons. The van der Waals surface area contributed by atoms with Gasteiger partial charge in [0.25, 0.3) is 0 Å². The van der Waals surface area contributed by atoms with E-state index in [4.69, 9.17) is 10.00 Å². The van der Waals surface area contributed by atoms with E-state index in [9.17, 15) is 9.59 Å². The molecule has 0 amide bonds. The molecule has 1 aliphatic rings. The molecule has 2 aromatic carbocycles. The van der Waals surface area contributed by atoms with Gasteiger partial charge in [0.05, 0.1) is 12.5 Å². The maximum atomic E-state index is 12.7. The van der Waals surface area contributed by atoms with Crippen LogP contribution in [0.5, 0.6) is 0 Å². The minimum absolute atomic E-state index is 0.235. The number of hydrogen-bond acceptors (Lipinski definition) is 5. The summed E-state index contributed by atoms with van der Waals surface area (Å²) >= 11 is 1.49. The van der Waals surface area contributed by atoms with Gasteiger partial charge in [-0.05, 0) is 24.1 Å². The average Bonchev–Trinajstić information content (AvgIpc) is 3.32. The number of thioether (sulfide) groups is 1. The first-order chi connectivity index (χ1) is 13.7. The summed E-state index contributed by atoms with van der Waals surface area (Å²) in [5.41, 5.74) is 2.55. The lowest BCUT2D eigenvalue weighted by atomic mass is 10.1. The van der Waals surface area contributed by atoms with Crippen molar-refractivity contribution in [3.63, 3.8) is 0 Å². The van der Waals surface area contributed by atoms with E-state index in [1.807, 2.05) is 53.1 Å². The highest BCUT2D eigenvalue weighted by molar-refractivity contribution is 8.01. The first-order valence-corrected chi connectivity index (χ1v) is 9.94. The number of rotatable bonds is 6. The van der Waals surface area contributed by atoms with Crippen LogP contribution in [0.4, 0.5) is 0 Å². The summed E-state index contributed by atoms with van der Waals surface area (Å²) in [5, 5.41) is 9.35. The summed E-state index contributed by atoms with van der Waals surface area (Å²) < 4.78 is 7.24. The number of Topliss-reactive ketones (excluding diaryl/α,β-unsaturated/α-hetero) is 1. The van der Waals surface area contributed by atoms with Crippen LogP contribution in [0.3, 0.4) is 0 Å². The van der Waals surface area contributed by atoms with Crippen molar-refractivity contribution in [1.82, 2.24) is 4.57 Å². The zero-order valence-corrected chi connectivity index (χ0v) is 15.9. The van der Waals surface area contributed by atoms with Gasteiger partial charge in [-0.3, -0.25) is 9.59 Å². The lowest BCUT2D eigenvalue weighted by Gasteiger charge is -2.08. The molecule has 2 heterocycles. The van der Waals surface area contributed by atoms with Crippen LogP contribution in [0.15, 0.2) is 59.6 Å². The summed E-state index contributed by atoms with van der Waals surface area (Å²) in [6.07, 6.45) is 2.74. The zero-order chi connectivity index (χ0) is 19.5. The molecule has 6 heteroatoms. The van der Waals surface area contributed by atoms with E-state index in [-0.39, 0.29) is 23.6 Å². The van der Waals surface area contributed by atoms with Gasteiger partial charge in [-0.1, -0.05) is 36.4 Å². The smallest absolute Gasteiger partial charge is 0.320 e. The lowest BCUT2D eigenvalue weighted by molar-refractivity contribution is -0.141. The maximum absolute atomic E-state index is 12.7. The first-order valence-electron chi connectivity index (χ1n) is 9.06. The van der Waals surface area contributed by atoms with Gasteiger partial charge >= 0.3 is 5.97 Å². The van der Waals surface area contributed by atoms with E-state index in [0.717, 1.165) is 21.4 Å². The number of nitriles is 1. The number of carbonyl (C=O) groups excluding carboxylic acids is 2. The Bertz CT molecular complexity index is 1070. The van der Waals surface area contributed by atoms with E-state index in [2.05, 4.69) is 6.07 Å². The lowest BCUT2D eigenvalue weighted by Crippen LogP contribution is -2.23. The Hall–Kier alpha value is -3.04. The minimum Gasteiger partial charge on any atom is -0.456 e. The third-order valence-electron chi connectivity index (χ3n) is 4.81. The summed E-state index contributed by atoms with van der Waals surface area (Å²) in [4.78, 5) is 26.2. The third-order valence-corrected chi connectivity index (χ3v) is 6.10. The van der Waals surface area contributed by atoms with Crippen molar-refractivity contribution in [2.75, 3.05) is 6.61 Å². The number of hydrogen-bond donors (Lipinski definition) is 0. The van der Waals surface area contributed by atoms with Crippen molar-refractivity contribution in [2.45, 2.75) is 29.5 Å². The highest BCUT2D eigenvalue weighted by Crippen LogP contribution is 2.37. The van der Waals surface area contributed by atoms with E-state index < -0.39 is 0 Å². The highest BCUT2D eigenvalue weighted by Gasteiger charge is 2.30. The number of carbonyl (C=O) groups is 2. The molecule has 3 aromatic rings. The molecule has 1 atom stereocenters. The van der Waals surface area contributed by atoms with Crippen molar-refractivity contribution in [3.05, 3.63) is 65.9 Å². The monoisotopic (exact) mass is 390 g/mol. The molecule has 1 aliphatic heterocycles. The standard InChI is InChI=1S/C22H18N2O3S/c23-10-5-11-24-13-17(16-7-2-3-8-18(16)24)19(25)14-27-22(26)21-12-15-6-1-4-9-20(15)28-21/h1-4,6-9,13,21H,5,11-12,14H2. The van der Waals surface area contributed by atoms with Crippen molar-refractivity contribution >= 4 is 34.4 Å². The molecule has 0 saturated heterocycles. The van der Waals surface area contributed by atoms with Crippen LogP contribution < -0.4 is 0 Å². The predicted octanol–water partition coefficient (Wildman–Crippen LogP) is 4.00. The quantitative estimate of drug-likeness (QED) is 0.470. The number of para-hydroxylation sites is 1. The molecular weight excluding hydrogens is 372 g/mol. The number of fused-ring (bicyclic) bond motifs is 2. The number of benzene rings is 2. The Kier molecular flexibility index (Phi) is 5.18. The Morgan fingerprint density at radius 2 is 1.96 bits per heavy atom. The average molecular weight is 390 g/mol. The Balaban J connectivity index is 1.44. The number of ether oxygens (including phenoxy) is 1. The number of nitrogens with zero attached hydrogens (tertiary/aromatic N) is 2. The van der Waals surface area contributed by atoms with Crippen molar-refractivity contribution in [2.24, 2.45) is 0 Å². The molecule has 0 aliphatic carbocycles. The van der Waals surface area contributed by atoms with Gasteiger partial charge in [-0.2, -0.15) is 5.26 Å². The SMILES string of the molecule is N#CCCn1cc(C(=O)COC(=O)C2Cc3ccccc3S2)c2ccccc21. The second-order valence-electron chi connectivity index (χ2n) is 6.61. The Morgan fingerprint density at radius 1 is 1.18 bits per heavy atom. The van der Waals surface area contributed by atoms with Crippen molar-refractivity contribution in [3.8, 4) is 6.07 Å². The predicted molar refractivity (Wildman–Crippen MR) is 107 cm³/mol. The van der Waals surface area contributed by atoms with Crippen LogP contribution in [0, 0.1) is 11.3 Å². The molecular formula is C22H18N2O3S. The second kappa shape index (κ2) is 7.91. The van der Waals surface area contributed by atoms with Gasteiger partial charge in [0.1, 0.15) is 5.25 Å². The number of aryl methyl sites for hydroxylation is 1. The van der Waals surface area contributed by atoms with Crippen LogP contribution in [-0.2, 0) is 22.5 Å². The van der Waals surface area contributed by atoms with E-state index >= 15 is 0 Å². The normalized spacial score (nSPS) is 15.2. The Labute approximate surface area is 166 Å². The summed E-state index contributed by atoms with van der Waals surface area (Å²) in [7, 11) is 0. The molecule has 28 heavy (non-hydrogen) atoms. The molecule has 0 radical (unpaired) electrons. The van der Waals surface area contributed by atoms with Crippen LogP contribution in [0.2, 0.25) is 0 Å². The Morgan fingerprint density at radius 3 is 2.79 bits per heavy atom. The van der Waals surface area contributed by atoms with E-state index in [1.54, 1.807) is 6.20 Å². The van der Waals surface area contributed by atoms with E-state index in [0.29, 0.717) is 24.9 Å². The zero-order valence-electron chi connectivity index (χ0n) is 15.1. The summed E-state index contributed by atoms with van der Waals surface area (Å²) in [6, 6.07) is 17.6. The third kappa shape index (κ3) is 3.54. The van der Waals surface area contributed by atoms with Gasteiger partial charge in [0.2, 0.25) is 5.78 Å². The van der Waals surface area contributed by atoms with Crippen molar-refractivity contribution < 1.29 is 14.3 Å². The van der Waals surface area contributed by atoms with Crippen LogP contribution in [-0.4, -0.2) is 28.2 Å². The summed E-state index contributed by atoms with van der Waals surface area (Å²) in [5.74, 6) is -0.594. The fourth-order valence-corrected chi connectivity index (χ4v) is 4.64. The van der Waals surface area contributed by atoms with Gasteiger partial charge in [0, 0.05) is 34.1 Å². The fourth-order valence-electron chi connectivity index (χ4n) is 3.45. The van der Waals surface area contributed by atoms with Gasteiger partial charge in [-0.15, -0.1) is 11.8 Å². The first kappa shape index (κ1) is 18.3. The molecule has 1 aromatic heterocycles. The maximum Gasteiger partial charge on any atom is 0.320 e. The second-order valence-corrected chi connectivity index (χ2v) is 7.86. The van der Waals surface area contributed by atoms with Gasteiger partial charge in [-0.25, -0.2) is 0 Å². The number of ketones is 1. The summed E-state index contributed by atoms with van der Waals surface area (Å²) in [6.45, 7) is 0.236. The minimum atomic E-state index is -0.359. The van der Waals surface area contributed by atoms with Gasteiger partial charge < -0.3 is 9.30 Å². The molecule has 5 nitrogen and oxygen atoms in total. The topological polar surface area (TPSA) is 72.1 Å². The molecule has 4 rings (SSSR count).